The van der Waals surface area contributed by atoms with E-state index in [2.05, 4.69) is 28.9 Å². The highest BCUT2D eigenvalue weighted by molar-refractivity contribution is 9.11. The Labute approximate surface area is 121 Å². The van der Waals surface area contributed by atoms with E-state index in [1.54, 1.807) is 11.3 Å². The van der Waals surface area contributed by atoms with Crippen molar-refractivity contribution < 1.29 is 9.53 Å². The number of aryl methyl sites for hydroxylation is 1. The fourth-order valence-corrected chi connectivity index (χ4v) is 3.85. The van der Waals surface area contributed by atoms with Gasteiger partial charge in [0.1, 0.15) is 0 Å². The van der Waals surface area contributed by atoms with E-state index in [-0.39, 0.29) is 17.4 Å². The average Bonchev–Trinajstić information content (AvgIpc) is 2.56. The van der Waals surface area contributed by atoms with Crippen molar-refractivity contribution in [1.29, 1.82) is 0 Å². The highest BCUT2D eigenvalue weighted by Crippen LogP contribution is 2.36. The van der Waals surface area contributed by atoms with Gasteiger partial charge in [-0.1, -0.05) is 13.8 Å². The zero-order valence-electron chi connectivity index (χ0n) is 11.2. The molecule has 3 nitrogen and oxygen atoms in total. The molecule has 1 unspecified atom stereocenters. The summed E-state index contributed by atoms with van der Waals surface area (Å²) in [5.41, 5.74) is 7.24. The number of hydrogen-bond acceptors (Lipinski definition) is 4. The van der Waals surface area contributed by atoms with Crippen molar-refractivity contribution in [1.82, 2.24) is 0 Å². The fourth-order valence-electron chi connectivity index (χ4n) is 2.07. The SMILES string of the molecule is COC(=O)CC(C)(C)CC(N)c1cc(Br)sc1C. The van der Waals surface area contributed by atoms with E-state index in [4.69, 9.17) is 10.5 Å². The summed E-state index contributed by atoms with van der Waals surface area (Å²) < 4.78 is 5.81. The minimum Gasteiger partial charge on any atom is -0.469 e. The van der Waals surface area contributed by atoms with Gasteiger partial charge < -0.3 is 10.5 Å². The van der Waals surface area contributed by atoms with Gasteiger partial charge in [0.25, 0.3) is 0 Å². The number of hydrogen-bond donors (Lipinski definition) is 1. The molecule has 0 saturated carbocycles. The number of carbonyl (C=O) groups is 1. The minimum atomic E-state index is -0.185. The first-order chi connectivity index (χ1) is 8.25. The van der Waals surface area contributed by atoms with E-state index in [1.165, 1.54) is 12.0 Å². The number of methoxy groups -OCH3 is 1. The molecule has 1 rings (SSSR count). The summed E-state index contributed by atoms with van der Waals surface area (Å²) in [7, 11) is 1.42. The number of rotatable bonds is 5. The molecule has 1 heterocycles. The monoisotopic (exact) mass is 333 g/mol. The molecule has 0 bridgehead atoms. The molecule has 0 radical (unpaired) electrons. The van der Waals surface area contributed by atoms with Crippen LogP contribution in [-0.4, -0.2) is 13.1 Å². The third-order valence-corrected chi connectivity index (χ3v) is 4.52. The van der Waals surface area contributed by atoms with Gasteiger partial charge in [0.2, 0.25) is 0 Å². The Balaban J connectivity index is 2.71. The number of carbonyl (C=O) groups excluding carboxylic acids is 1. The molecule has 0 aliphatic rings. The summed E-state index contributed by atoms with van der Waals surface area (Å²) in [6.45, 7) is 6.15. The van der Waals surface area contributed by atoms with Crippen molar-refractivity contribution in [2.45, 2.75) is 39.7 Å². The smallest absolute Gasteiger partial charge is 0.306 e. The zero-order valence-corrected chi connectivity index (χ0v) is 13.7. The molecule has 18 heavy (non-hydrogen) atoms. The Morgan fingerprint density at radius 3 is 2.67 bits per heavy atom. The van der Waals surface area contributed by atoms with Crippen LogP contribution in [0.5, 0.6) is 0 Å². The molecule has 0 spiro atoms. The first kappa shape index (κ1) is 15.7. The van der Waals surface area contributed by atoms with Crippen molar-refractivity contribution in [3.63, 3.8) is 0 Å². The zero-order chi connectivity index (χ0) is 13.9. The fraction of sp³-hybridized carbons (Fsp3) is 0.615. The van der Waals surface area contributed by atoms with Crippen LogP contribution in [0.2, 0.25) is 0 Å². The summed E-state index contributed by atoms with van der Waals surface area (Å²) >= 11 is 5.16. The molecule has 0 aliphatic carbocycles. The molecule has 2 N–H and O–H groups in total. The first-order valence-electron chi connectivity index (χ1n) is 5.83. The Morgan fingerprint density at radius 1 is 1.61 bits per heavy atom. The van der Waals surface area contributed by atoms with Gasteiger partial charge in [-0.3, -0.25) is 4.79 Å². The maximum absolute atomic E-state index is 11.3. The van der Waals surface area contributed by atoms with Gasteiger partial charge in [0.15, 0.2) is 0 Å². The normalized spacial score (nSPS) is 13.4. The molecule has 1 aromatic rings. The number of thiophene rings is 1. The molecule has 1 aromatic heterocycles. The first-order valence-corrected chi connectivity index (χ1v) is 7.44. The van der Waals surface area contributed by atoms with Gasteiger partial charge in [-0.05, 0) is 46.3 Å². The summed E-state index contributed by atoms with van der Waals surface area (Å²) in [6, 6.07) is 2.02. The number of esters is 1. The van der Waals surface area contributed by atoms with Gasteiger partial charge in [0, 0.05) is 10.9 Å². The Bertz CT molecular complexity index is 429. The molecule has 5 heteroatoms. The van der Waals surface area contributed by atoms with Gasteiger partial charge in [-0.25, -0.2) is 0 Å². The van der Waals surface area contributed by atoms with Crippen molar-refractivity contribution >= 4 is 33.2 Å². The lowest BCUT2D eigenvalue weighted by atomic mass is 9.81. The number of halogens is 1. The van der Waals surface area contributed by atoms with E-state index in [1.807, 2.05) is 13.8 Å². The molecule has 0 saturated heterocycles. The highest BCUT2D eigenvalue weighted by Gasteiger charge is 2.27. The summed E-state index contributed by atoms with van der Waals surface area (Å²) in [5.74, 6) is -0.185. The van der Waals surface area contributed by atoms with E-state index in [9.17, 15) is 4.79 Å². The van der Waals surface area contributed by atoms with E-state index < -0.39 is 0 Å². The van der Waals surface area contributed by atoms with Crippen molar-refractivity contribution in [3.8, 4) is 0 Å². The summed E-state index contributed by atoms with van der Waals surface area (Å²) in [4.78, 5) is 12.6. The van der Waals surface area contributed by atoms with Crippen LogP contribution >= 0.6 is 27.3 Å². The topological polar surface area (TPSA) is 52.3 Å². The van der Waals surface area contributed by atoms with E-state index in [0.717, 1.165) is 15.8 Å². The third kappa shape index (κ3) is 4.37. The molecular formula is C13H20BrNO2S. The lowest BCUT2D eigenvalue weighted by Crippen LogP contribution is -2.24. The summed E-state index contributed by atoms with van der Waals surface area (Å²) in [5, 5.41) is 0. The maximum atomic E-state index is 11.3. The van der Waals surface area contributed by atoms with Crippen LogP contribution in [-0.2, 0) is 9.53 Å². The van der Waals surface area contributed by atoms with Gasteiger partial charge in [-0.15, -0.1) is 11.3 Å². The Kier molecular flexibility index (Phi) is 5.37. The van der Waals surface area contributed by atoms with Crippen LogP contribution in [0.1, 0.15) is 43.2 Å². The lowest BCUT2D eigenvalue weighted by molar-refractivity contribution is -0.143. The second-order valence-electron chi connectivity index (χ2n) is 5.29. The standard InChI is InChI=1S/C13H20BrNO2S/c1-8-9(5-11(14)18-8)10(15)6-13(2,3)7-12(16)17-4/h5,10H,6-7,15H2,1-4H3. The van der Waals surface area contributed by atoms with Crippen LogP contribution in [0, 0.1) is 12.3 Å². The van der Waals surface area contributed by atoms with Crippen LogP contribution in [0.25, 0.3) is 0 Å². The van der Waals surface area contributed by atoms with E-state index >= 15 is 0 Å². The molecular weight excluding hydrogens is 314 g/mol. The predicted molar refractivity (Wildman–Crippen MR) is 78.7 cm³/mol. The predicted octanol–water partition coefficient (Wildman–Crippen LogP) is 3.80. The molecule has 0 aliphatic heterocycles. The van der Waals surface area contributed by atoms with Crippen molar-refractivity contribution in [2.24, 2.45) is 11.1 Å². The Morgan fingerprint density at radius 2 is 2.22 bits per heavy atom. The van der Waals surface area contributed by atoms with Gasteiger partial charge in [0.05, 0.1) is 17.3 Å². The molecule has 0 fully saturated rings. The van der Waals surface area contributed by atoms with Gasteiger partial charge in [-0.2, -0.15) is 0 Å². The average molecular weight is 334 g/mol. The summed E-state index contributed by atoms with van der Waals surface area (Å²) in [6.07, 6.45) is 1.15. The maximum Gasteiger partial charge on any atom is 0.306 e. The van der Waals surface area contributed by atoms with Crippen LogP contribution in [0.4, 0.5) is 0 Å². The number of nitrogens with two attached hydrogens (primary N) is 1. The molecule has 1 atom stereocenters. The highest BCUT2D eigenvalue weighted by atomic mass is 79.9. The second-order valence-corrected chi connectivity index (χ2v) is 7.93. The van der Waals surface area contributed by atoms with Crippen LogP contribution in [0.15, 0.2) is 9.85 Å². The van der Waals surface area contributed by atoms with Gasteiger partial charge >= 0.3 is 5.97 Å². The second kappa shape index (κ2) is 6.17. The molecule has 0 amide bonds. The number of ether oxygens (including phenoxy) is 1. The van der Waals surface area contributed by atoms with Crippen LogP contribution in [0.3, 0.4) is 0 Å². The molecule has 0 aromatic carbocycles. The Hall–Kier alpha value is -0.390. The third-order valence-electron chi connectivity index (χ3n) is 2.95. The minimum absolute atomic E-state index is 0.0489. The lowest BCUT2D eigenvalue weighted by Gasteiger charge is -2.26. The van der Waals surface area contributed by atoms with Crippen molar-refractivity contribution in [2.75, 3.05) is 7.11 Å². The quantitative estimate of drug-likeness (QED) is 0.834. The van der Waals surface area contributed by atoms with Crippen molar-refractivity contribution in [3.05, 3.63) is 20.3 Å². The van der Waals surface area contributed by atoms with Crippen LogP contribution < -0.4 is 5.73 Å². The largest absolute Gasteiger partial charge is 0.469 e. The molecule has 102 valence electrons. The van der Waals surface area contributed by atoms with E-state index in [0.29, 0.717) is 6.42 Å².